The zero-order valence-electron chi connectivity index (χ0n) is 13.9. The Bertz CT molecular complexity index is 765. The molecule has 0 aliphatic carbocycles. The minimum absolute atomic E-state index is 0.312. The third kappa shape index (κ3) is 5.18. The van der Waals surface area contributed by atoms with Crippen LogP contribution in [0.2, 0.25) is 15.1 Å². The van der Waals surface area contributed by atoms with Gasteiger partial charge < -0.3 is 14.8 Å². The molecule has 0 atom stereocenters. The van der Waals surface area contributed by atoms with Crippen molar-refractivity contribution in [1.29, 1.82) is 0 Å². The third-order valence-corrected chi connectivity index (χ3v) is 4.03. The first-order chi connectivity index (χ1) is 12.0. The lowest BCUT2D eigenvalue weighted by atomic mass is 10.1. The van der Waals surface area contributed by atoms with E-state index in [0.29, 0.717) is 51.0 Å². The summed E-state index contributed by atoms with van der Waals surface area (Å²) in [6.45, 7) is 4.77. The van der Waals surface area contributed by atoms with Crippen molar-refractivity contribution in [3.8, 4) is 11.5 Å². The number of carbonyl (C=O) groups is 1. The van der Waals surface area contributed by atoms with Gasteiger partial charge in [-0.1, -0.05) is 41.7 Å². The van der Waals surface area contributed by atoms with Crippen LogP contribution in [0.1, 0.15) is 30.6 Å². The molecule has 1 N–H and O–H groups in total. The summed E-state index contributed by atoms with van der Waals surface area (Å²) in [7, 11) is 0. The van der Waals surface area contributed by atoms with E-state index >= 15 is 0 Å². The molecule has 0 spiro atoms. The molecule has 4 nitrogen and oxygen atoms in total. The van der Waals surface area contributed by atoms with Crippen LogP contribution in [0, 0.1) is 0 Å². The number of hydrogen-bond acceptors (Lipinski definition) is 3. The largest absolute Gasteiger partial charge is 0.490 e. The lowest BCUT2D eigenvalue weighted by Gasteiger charge is -2.15. The van der Waals surface area contributed by atoms with Gasteiger partial charge in [0.05, 0.1) is 28.9 Å². The van der Waals surface area contributed by atoms with Crippen LogP contribution in [-0.2, 0) is 0 Å². The van der Waals surface area contributed by atoms with Gasteiger partial charge in [-0.25, -0.2) is 0 Å². The molecule has 0 saturated carbocycles. The molecule has 0 heterocycles. The summed E-state index contributed by atoms with van der Waals surface area (Å²) < 4.78 is 11.2. The van der Waals surface area contributed by atoms with Gasteiger partial charge in [-0.15, -0.1) is 0 Å². The van der Waals surface area contributed by atoms with Crippen LogP contribution in [0.25, 0.3) is 0 Å². The number of hydrogen-bond donors (Lipinski definition) is 1. The Labute approximate surface area is 162 Å². The van der Waals surface area contributed by atoms with E-state index in [2.05, 4.69) is 5.32 Å². The molecule has 1 amide bonds. The van der Waals surface area contributed by atoms with Crippen molar-refractivity contribution in [2.24, 2.45) is 0 Å². The van der Waals surface area contributed by atoms with Crippen molar-refractivity contribution in [3.63, 3.8) is 0 Å². The number of benzene rings is 2. The fourth-order valence-electron chi connectivity index (χ4n) is 2.09. The van der Waals surface area contributed by atoms with Crippen molar-refractivity contribution in [1.82, 2.24) is 0 Å². The Morgan fingerprint density at radius 3 is 2.44 bits per heavy atom. The van der Waals surface area contributed by atoms with E-state index in [1.165, 1.54) is 6.07 Å². The first kappa shape index (κ1) is 19.7. The number of halogens is 3. The Balaban J connectivity index is 2.29. The monoisotopic (exact) mass is 401 g/mol. The summed E-state index contributed by atoms with van der Waals surface area (Å²) in [6, 6.07) is 7.96. The first-order valence-corrected chi connectivity index (χ1v) is 8.95. The van der Waals surface area contributed by atoms with Crippen LogP contribution in [0.3, 0.4) is 0 Å². The van der Waals surface area contributed by atoms with Crippen molar-refractivity contribution >= 4 is 46.4 Å². The van der Waals surface area contributed by atoms with Crippen LogP contribution >= 0.6 is 34.8 Å². The normalized spacial score (nSPS) is 10.4. The molecule has 0 radical (unpaired) electrons. The molecule has 0 bridgehead atoms. The molecule has 2 aromatic carbocycles. The van der Waals surface area contributed by atoms with Crippen molar-refractivity contribution in [2.45, 2.75) is 20.3 Å². The zero-order valence-corrected chi connectivity index (χ0v) is 16.1. The predicted molar refractivity (Wildman–Crippen MR) is 103 cm³/mol. The Hall–Kier alpha value is -1.62. The molecule has 2 aromatic rings. The van der Waals surface area contributed by atoms with Gasteiger partial charge in [-0.05, 0) is 43.7 Å². The molecular weight excluding hydrogens is 385 g/mol. The van der Waals surface area contributed by atoms with Gasteiger partial charge in [0.2, 0.25) is 0 Å². The molecule has 134 valence electrons. The van der Waals surface area contributed by atoms with E-state index in [1.807, 2.05) is 13.8 Å². The summed E-state index contributed by atoms with van der Waals surface area (Å²) >= 11 is 18.2. The molecule has 0 unspecified atom stereocenters. The van der Waals surface area contributed by atoms with E-state index < -0.39 is 0 Å². The number of amides is 1. The molecule has 25 heavy (non-hydrogen) atoms. The minimum Gasteiger partial charge on any atom is -0.490 e. The van der Waals surface area contributed by atoms with E-state index in [4.69, 9.17) is 44.3 Å². The molecule has 0 fully saturated rings. The summed E-state index contributed by atoms with van der Waals surface area (Å²) in [5.41, 5.74) is 0.791. The highest BCUT2D eigenvalue weighted by Gasteiger charge is 2.17. The molecule has 0 aliphatic heterocycles. The van der Waals surface area contributed by atoms with Crippen molar-refractivity contribution in [3.05, 3.63) is 51.0 Å². The van der Waals surface area contributed by atoms with Crippen molar-refractivity contribution in [2.75, 3.05) is 18.5 Å². The lowest BCUT2D eigenvalue weighted by molar-refractivity contribution is 0.102. The Morgan fingerprint density at radius 2 is 1.80 bits per heavy atom. The third-order valence-electron chi connectivity index (χ3n) is 3.20. The molecule has 0 aliphatic rings. The van der Waals surface area contributed by atoms with Crippen LogP contribution in [-0.4, -0.2) is 19.1 Å². The number of carbonyl (C=O) groups excluding carboxylic acids is 1. The van der Waals surface area contributed by atoms with Gasteiger partial charge in [0.25, 0.3) is 5.91 Å². The topological polar surface area (TPSA) is 47.6 Å². The van der Waals surface area contributed by atoms with Gasteiger partial charge in [-0.2, -0.15) is 0 Å². The summed E-state index contributed by atoms with van der Waals surface area (Å²) in [5.74, 6) is 0.497. The second-order valence-electron chi connectivity index (χ2n) is 5.15. The number of ether oxygens (including phenoxy) is 2. The average Bonchev–Trinajstić information content (AvgIpc) is 2.56. The van der Waals surface area contributed by atoms with Gasteiger partial charge in [0, 0.05) is 10.6 Å². The van der Waals surface area contributed by atoms with Gasteiger partial charge in [-0.3, -0.25) is 4.79 Å². The zero-order chi connectivity index (χ0) is 18.4. The molecule has 7 heteroatoms. The number of anilines is 1. The lowest BCUT2D eigenvalue weighted by Crippen LogP contribution is -2.13. The summed E-state index contributed by atoms with van der Waals surface area (Å²) in [5, 5.41) is 3.88. The standard InChI is InChI=1S/C18H18Cl3NO3/c1-3-7-25-17-14(21)8-11(9-16(17)24-4-2)18(23)22-15-6-5-12(19)10-13(15)20/h5-6,8-10H,3-4,7H2,1-2H3,(H,22,23). The minimum atomic E-state index is -0.367. The smallest absolute Gasteiger partial charge is 0.255 e. The van der Waals surface area contributed by atoms with E-state index in [9.17, 15) is 4.79 Å². The molecule has 0 aromatic heterocycles. The first-order valence-electron chi connectivity index (χ1n) is 7.81. The summed E-state index contributed by atoms with van der Waals surface area (Å²) in [4.78, 5) is 12.5. The summed E-state index contributed by atoms with van der Waals surface area (Å²) in [6.07, 6.45) is 0.833. The molecular formula is C18H18Cl3NO3. The predicted octanol–water partition coefficient (Wildman–Crippen LogP) is 6.09. The van der Waals surface area contributed by atoms with Crippen LogP contribution < -0.4 is 14.8 Å². The van der Waals surface area contributed by atoms with Gasteiger partial charge in [0.15, 0.2) is 11.5 Å². The van der Waals surface area contributed by atoms with E-state index in [-0.39, 0.29) is 5.91 Å². The SMILES string of the molecule is CCCOc1c(Cl)cc(C(=O)Nc2ccc(Cl)cc2Cl)cc1OCC. The van der Waals surface area contributed by atoms with E-state index in [1.54, 1.807) is 24.3 Å². The highest BCUT2D eigenvalue weighted by Crippen LogP contribution is 2.37. The second kappa shape index (κ2) is 9.18. The van der Waals surface area contributed by atoms with Crippen LogP contribution in [0.15, 0.2) is 30.3 Å². The maximum atomic E-state index is 12.5. The fourth-order valence-corrected chi connectivity index (χ4v) is 2.81. The molecule has 0 saturated heterocycles. The van der Waals surface area contributed by atoms with Crippen LogP contribution in [0.5, 0.6) is 11.5 Å². The quantitative estimate of drug-likeness (QED) is 0.610. The van der Waals surface area contributed by atoms with Gasteiger partial charge >= 0.3 is 0 Å². The Kier molecular flexibility index (Phi) is 7.24. The van der Waals surface area contributed by atoms with Gasteiger partial charge in [0.1, 0.15) is 0 Å². The van der Waals surface area contributed by atoms with Crippen molar-refractivity contribution < 1.29 is 14.3 Å². The number of nitrogens with one attached hydrogen (secondary N) is 1. The average molecular weight is 403 g/mol. The van der Waals surface area contributed by atoms with Crippen LogP contribution in [0.4, 0.5) is 5.69 Å². The highest BCUT2D eigenvalue weighted by molar-refractivity contribution is 6.37. The maximum absolute atomic E-state index is 12.5. The van der Waals surface area contributed by atoms with E-state index in [0.717, 1.165) is 6.42 Å². The molecule has 2 rings (SSSR count). The number of rotatable bonds is 7. The fraction of sp³-hybridized carbons (Fsp3) is 0.278. The second-order valence-corrected chi connectivity index (χ2v) is 6.40. The maximum Gasteiger partial charge on any atom is 0.255 e. The Morgan fingerprint density at radius 1 is 1.04 bits per heavy atom. The highest BCUT2D eigenvalue weighted by atomic mass is 35.5.